The highest BCUT2D eigenvalue weighted by molar-refractivity contribution is 5.94. The van der Waals surface area contributed by atoms with Crippen molar-refractivity contribution >= 4 is 16.9 Å². The third kappa shape index (κ3) is 1.95. The van der Waals surface area contributed by atoms with Crippen LogP contribution in [0.5, 0.6) is 0 Å². The quantitative estimate of drug-likeness (QED) is 0.906. The molecule has 2 aliphatic rings. The lowest BCUT2D eigenvalue weighted by Crippen LogP contribution is -2.26. The molecule has 2 aromatic rings. The summed E-state index contributed by atoms with van der Waals surface area (Å²) in [6.07, 6.45) is 3.96. The van der Waals surface area contributed by atoms with Crippen molar-refractivity contribution in [1.29, 1.82) is 0 Å². The molecule has 0 saturated heterocycles. The van der Waals surface area contributed by atoms with Crippen LogP contribution in [0.2, 0.25) is 0 Å². The van der Waals surface area contributed by atoms with Crippen LogP contribution in [0.1, 0.15) is 53.7 Å². The summed E-state index contributed by atoms with van der Waals surface area (Å²) >= 11 is 0. The standard InChI is InChI=1S/C18H19FN2O3/c1-8-6-18(8,20)14-9(2)15-11(5-13(14)19)16(22)12(17(23)24)7-21(15)10-3-4-10/h5,7-8,10H,3-4,6,20H2,1-2H3,(H,23,24). The van der Waals surface area contributed by atoms with Gasteiger partial charge in [0.2, 0.25) is 5.43 Å². The maximum absolute atomic E-state index is 14.8. The summed E-state index contributed by atoms with van der Waals surface area (Å²) in [5, 5.41) is 9.41. The zero-order valence-electron chi connectivity index (χ0n) is 13.6. The van der Waals surface area contributed by atoms with Crippen LogP contribution in [0.15, 0.2) is 17.1 Å². The molecule has 2 atom stereocenters. The Labute approximate surface area is 137 Å². The van der Waals surface area contributed by atoms with Crippen molar-refractivity contribution in [2.24, 2.45) is 11.7 Å². The summed E-state index contributed by atoms with van der Waals surface area (Å²) in [7, 11) is 0. The molecule has 126 valence electrons. The highest BCUT2D eigenvalue weighted by Crippen LogP contribution is 2.52. The minimum absolute atomic E-state index is 0.123. The fourth-order valence-corrected chi connectivity index (χ4v) is 3.84. The smallest absolute Gasteiger partial charge is 0.341 e. The van der Waals surface area contributed by atoms with E-state index >= 15 is 0 Å². The maximum Gasteiger partial charge on any atom is 0.341 e. The average Bonchev–Trinajstić information content (AvgIpc) is 3.39. The predicted molar refractivity (Wildman–Crippen MR) is 87.8 cm³/mol. The van der Waals surface area contributed by atoms with Gasteiger partial charge in [-0.3, -0.25) is 4.79 Å². The second-order valence-corrected chi connectivity index (χ2v) is 7.22. The molecule has 1 aromatic carbocycles. The Hall–Kier alpha value is -2.21. The summed E-state index contributed by atoms with van der Waals surface area (Å²) in [6, 6.07) is 1.33. The number of benzene rings is 1. The Morgan fingerprint density at radius 1 is 1.46 bits per heavy atom. The first kappa shape index (κ1) is 15.3. The number of aromatic carboxylic acids is 1. The molecule has 4 rings (SSSR count). The van der Waals surface area contributed by atoms with E-state index in [1.165, 1.54) is 12.3 Å². The molecule has 0 amide bonds. The van der Waals surface area contributed by atoms with Crippen LogP contribution < -0.4 is 11.2 Å². The first-order valence-electron chi connectivity index (χ1n) is 8.16. The molecule has 5 nitrogen and oxygen atoms in total. The fraction of sp³-hybridized carbons (Fsp3) is 0.444. The summed E-state index contributed by atoms with van der Waals surface area (Å²) in [5.74, 6) is -1.62. The van der Waals surface area contributed by atoms with Gasteiger partial charge in [0.05, 0.1) is 5.52 Å². The molecule has 2 unspecified atom stereocenters. The number of aryl methyl sites for hydroxylation is 1. The minimum Gasteiger partial charge on any atom is -0.477 e. The Morgan fingerprint density at radius 3 is 2.58 bits per heavy atom. The van der Waals surface area contributed by atoms with Gasteiger partial charge in [0.1, 0.15) is 11.4 Å². The average molecular weight is 330 g/mol. The number of carbonyl (C=O) groups is 1. The first-order valence-corrected chi connectivity index (χ1v) is 8.16. The molecule has 2 fully saturated rings. The molecule has 24 heavy (non-hydrogen) atoms. The Bertz CT molecular complexity index is 961. The van der Waals surface area contributed by atoms with Gasteiger partial charge < -0.3 is 15.4 Å². The van der Waals surface area contributed by atoms with E-state index in [0.717, 1.165) is 12.8 Å². The van der Waals surface area contributed by atoms with E-state index in [1.54, 1.807) is 6.92 Å². The van der Waals surface area contributed by atoms with Crippen LogP contribution in [-0.4, -0.2) is 15.6 Å². The number of rotatable bonds is 3. The number of aromatic nitrogens is 1. The second kappa shape index (κ2) is 4.66. The normalized spacial score (nSPS) is 25.9. The van der Waals surface area contributed by atoms with Gasteiger partial charge in [-0.1, -0.05) is 6.92 Å². The van der Waals surface area contributed by atoms with E-state index in [1.807, 2.05) is 11.5 Å². The van der Waals surface area contributed by atoms with E-state index in [9.17, 15) is 19.1 Å². The van der Waals surface area contributed by atoms with E-state index in [0.29, 0.717) is 23.1 Å². The van der Waals surface area contributed by atoms with E-state index in [-0.39, 0.29) is 22.9 Å². The van der Waals surface area contributed by atoms with Crippen molar-refractivity contribution in [2.45, 2.75) is 44.7 Å². The van der Waals surface area contributed by atoms with Gasteiger partial charge >= 0.3 is 5.97 Å². The largest absolute Gasteiger partial charge is 0.477 e. The zero-order valence-corrected chi connectivity index (χ0v) is 13.6. The summed E-state index contributed by atoms with van der Waals surface area (Å²) in [4.78, 5) is 23.9. The Morgan fingerprint density at radius 2 is 2.08 bits per heavy atom. The lowest BCUT2D eigenvalue weighted by Gasteiger charge is -2.20. The monoisotopic (exact) mass is 330 g/mol. The van der Waals surface area contributed by atoms with Crippen LogP contribution >= 0.6 is 0 Å². The summed E-state index contributed by atoms with van der Waals surface area (Å²) in [5.41, 5.74) is 6.41. The van der Waals surface area contributed by atoms with E-state index < -0.39 is 22.8 Å². The van der Waals surface area contributed by atoms with Gasteiger partial charge in [0, 0.05) is 28.7 Å². The number of hydrogen-bond donors (Lipinski definition) is 2. The molecular formula is C18H19FN2O3. The Kier molecular flexibility index (Phi) is 2.98. The molecule has 6 heteroatoms. The van der Waals surface area contributed by atoms with Crippen LogP contribution in [0.4, 0.5) is 4.39 Å². The molecule has 0 spiro atoms. The molecule has 0 radical (unpaired) electrons. The molecular weight excluding hydrogens is 311 g/mol. The van der Waals surface area contributed by atoms with Gasteiger partial charge in [-0.25, -0.2) is 9.18 Å². The SMILES string of the molecule is Cc1c(C2(N)CC2C)c(F)cc2c(=O)c(C(=O)O)cn(C3CC3)c12. The van der Waals surface area contributed by atoms with Crippen molar-refractivity contribution in [1.82, 2.24) is 4.57 Å². The Balaban J connectivity index is 2.12. The van der Waals surface area contributed by atoms with Gasteiger partial charge in [-0.05, 0) is 43.7 Å². The molecule has 2 saturated carbocycles. The van der Waals surface area contributed by atoms with Crippen molar-refractivity contribution < 1.29 is 14.3 Å². The van der Waals surface area contributed by atoms with E-state index in [4.69, 9.17) is 5.73 Å². The van der Waals surface area contributed by atoms with Crippen LogP contribution in [0, 0.1) is 18.7 Å². The third-order valence-electron chi connectivity index (χ3n) is 5.51. The maximum atomic E-state index is 14.8. The first-order chi connectivity index (χ1) is 11.3. The van der Waals surface area contributed by atoms with Crippen LogP contribution in [-0.2, 0) is 5.54 Å². The fourth-order valence-electron chi connectivity index (χ4n) is 3.84. The van der Waals surface area contributed by atoms with Crippen LogP contribution in [0.3, 0.4) is 0 Å². The third-order valence-corrected chi connectivity index (χ3v) is 5.51. The highest BCUT2D eigenvalue weighted by Gasteiger charge is 2.51. The zero-order chi connectivity index (χ0) is 17.4. The molecule has 0 bridgehead atoms. The van der Waals surface area contributed by atoms with E-state index in [2.05, 4.69) is 0 Å². The van der Waals surface area contributed by atoms with Gasteiger partial charge in [0.15, 0.2) is 0 Å². The highest BCUT2D eigenvalue weighted by atomic mass is 19.1. The molecule has 1 aromatic heterocycles. The predicted octanol–water partition coefficient (Wildman–Crippen LogP) is 2.68. The molecule has 3 N–H and O–H groups in total. The second-order valence-electron chi connectivity index (χ2n) is 7.22. The van der Waals surface area contributed by atoms with Gasteiger partial charge in [-0.15, -0.1) is 0 Å². The molecule has 2 aliphatic carbocycles. The number of pyridine rings is 1. The van der Waals surface area contributed by atoms with Crippen molar-refractivity contribution in [2.75, 3.05) is 0 Å². The van der Waals surface area contributed by atoms with Crippen LogP contribution in [0.25, 0.3) is 10.9 Å². The van der Waals surface area contributed by atoms with Crippen molar-refractivity contribution in [3.05, 3.63) is 45.0 Å². The summed E-state index contributed by atoms with van der Waals surface area (Å²) in [6.45, 7) is 3.75. The number of nitrogens with two attached hydrogens (primary N) is 1. The number of hydrogen-bond acceptors (Lipinski definition) is 3. The lowest BCUT2D eigenvalue weighted by molar-refractivity contribution is 0.0695. The molecule has 1 heterocycles. The number of carboxylic acid groups (broad SMARTS) is 1. The summed E-state index contributed by atoms with van der Waals surface area (Å²) < 4.78 is 16.6. The number of fused-ring (bicyclic) bond motifs is 1. The number of halogens is 1. The molecule has 0 aliphatic heterocycles. The topological polar surface area (TPSA) is 85.3 Å². The van der Waals surface area contributed by atoms with Gasteiger partial charge in [0.25, 0.3) is 0 Å². The van der Waals surface area contributed by atoms with Crippen molar-refractivity contribution in [3.63, 3.8) is 0 Å². The van der Waals surface area contributed by atoms with Gasteiger partial charge in [-0.2, -0.15) is 0 Å². The van der Waals surface area contributed by atoms with Crippen molar-refractivity contribution in [3.8, 4) is 0 Å². The minimum atomic E-state index is -1.29. The number of carboxylic acids is 1. The lowest BCUT2D eigenvalue weighted by atomic mass is 9.94. The number of nitrogens with zero attached hydrogens (tertiary/aromatic N) is 1.